The summed E-state index contributed by atoms with van der Waals surface area (Å²) in [7, 11) is 2.89. The first-order valence-corrected chi connectivity index (χ1v) is 9.73. The predicted octanol–water partition coefficient (Wildman–Crippen LogP) is 1.96. The summed E-state index contributed by atoms with van der Waals surface area (Å²) in [4.78, 5) is 28.0. The van der Waals surface area contributed by atoms with Crippen LogP contribution in [-0.4, -0.2) is 73.0 Å². The molecule has 1 amide bonds. The number of hydrogen-bond donors (Lipinski definition) is 1. The highest BCUT2D eigenvalue weighted by Crippen LogP contribution is 2.26. The lowest BCUT2D eigenvalue weighted by Crippen LogP contribution is -2.49. The molecule has 1 saturated heterocycles. The Bertz CT molecular complexity index is 721. The highest BCUT2D eigenvalue weighted by Gasteiger charge is 2.26. The van der Waals surface area contributed by atoms with Gasteiger partial charge in [-0.1, -0.05) is 0 Å². The number of benzene rings is 1. The molecule has 8 nitrogen and oxygen atoms in total. The first kappa shape index (κ1) is 23.0. The van der Waals surface area contributed by atoms with Crippen molar-refractivity contribution in [1.29, 1.82) is 0 Å². The van der Waals surface area contributed by atoms with Crippen molar-refractivity contribution in [1.82, 2.24) is 9.80 Å². The van der Waals surface area contributed by atoms with E-state index in [1.165, 1.54) is 14.2 Å². The van der Waals surface area contributed by atoms with E-state index >= 15 is 0 Å². The maximum absolute atomic E-state index is 12.2. The number of piperazine rings is 1. The highest BCUT2D eigenvalue weighted by molar-refractivity contribution is 5.73. The third kappa shape index (κ3) is 6.61. The molecule has 8 heteroatoms. The Labute approximate surface area is 172 Å². The molecule has 0 bridgehead atoms. The van der Waals surface area contributed by atoms with Gasteiger partial charge in [0.15, 0.2) is 0 Å². The fourth-order valence-corrected chi connectivity index (χ4v) is 3.23. The van der Waals surface area contributed by atoms with Crippen molar-refractivity contribution in [3.8, 4) is 5.75 Å². The van der Waals surface area contributed by atoms with Crippen LogP contribution in [0.1, 0.15) is 37.5 Å². The molecular weight excluding hydrogens is 376 g/mol. The van der Waals surface area contributed by atoms with Crippen LogP contribution in [0.25, 0.3) is 0 Å². The van der Waals surface area contributed by atoms with Gasteiger partial charge in [-0.2, -0.15) is 0 Å². The van der Waals surface area contributed by atoms with E-state index in [0.717, 1.165) is 11.1 Å². The van der Waals surface area contributed by atoms with E-state index in [0.29, 0.717) is 44.0 Å². The van der Waals surface area contributed by atoms with E-state index in [-0.39, 0.29) is 25.1 Å². The number of aliphatic hydroxyl groups is 1. The minimum Gasteiger partial charge on any atom is -0.496 e. The van der Waals surface area contributed by atoms with E-state index in [1.54, 1.807) is 11.0 Å². The molecule has 162 valence electrons. The Kier molecular flexibility index (Phi) is 7.87. The number of carbonyl (C=O) groups excluding carboxylic acids is 2. The third-order valence-corrected chi connectivity index (χ3v) is 4.75. The molecular formula is C21H32N2O6. The molecule has 2 rings (SSSR count). The normalized spacial score (nSPS) is 15.2. The Morgan fingerprint density at radius 1 is 1.03 bits per heavy atom. The van der Waals surface area contributed by atoms with Crippen LogP contribution < -0.4 is 4.74 Å². The maximum Gasteiger partial charge on any atom is 0.410 e. The van der Waals surface area contributed by atoms with Crippen LogP contribution in [0, 0.1) is 0 Å². The van der Waals surface area contributed by atoms with Crippen molar-refractivity contribution >= 4 is 12.1 Å². The van der Waals surface area contributed by atoms with Crippen molar-refractivity contribution in [2.24, 2.45) is 0 Å². The Morgan fingerprint density at radius 2 is 1.69 bits per heavy atom. The molecule has 1 aliphatic rings. The average molecular weight is 408 g/mol. The molecule has 0 spiro atoms. The zero-order chi connectivity index (χ0) is 21.6. The lowest BCUT2D eigenvalue weighted by Gasteiger charge is -2.36. The molecule has 0 atom stereocenters. The molecule has 0 radical (unpaired) electrons. The fourth-order valence-electron chi connectivity index (χ4n) is 3.23. The van der Waals surface area contributed by atoms with Gasteiger partial charge in [0, 0.05) is 38.3 Å². The summed E-state index contributed by atoms with van der Waals surface area (Å²) >= 11 is 0. The molecule has 0 unspecified atom stereocenters. The van der Waals surface area contributed by atoms with Crippen LogP contribution in [0.3, 0.4) is 0 Å². The number of ether oxygens (including phenoxy) is 3. The van der Waals surface area contributed by atoms with Crippen molar-refractivity contribution in [3.05, 3.63) is 28.8 Å². The number of esters is 1. The summed E-state index contributed by atoms with van der Waals surface area (Å²) in [6.07, 6.45) is -0.165. The molecule has 1 aromatic rings. The fraction of sp³-hybridized carbons (Fsp3) is 0.619. The molecule has 1 heterocycles. The minimum absolute atomic E-state index is 0.131. The topological polar surface area (TPSA) is 88.5 Å². The van der Waals surface area contributed by atoms with Gasteiger partial charge in [-0.25, -0.2) is 4.79 Å². The largest absolute Gasteiger partial charge is 0.496 e. The van der Waals surface area contributed by atoms with Crippen molar-refractivity contribution in [3.63, 3.8) is 0 Å². The summed E-state index contributed by atoms with van der Waals surface area (Å²) in [5, 5.41) is 9.64. The standard InChI is InChI=1S/C21H32N2O6/c1-21(2,3)29-20(26)23-8-6-22(7-9-23)13-16-10-17(14-24)18(27-4)11-15(16)12-19(25)28-5/h10-11,24H,6-9,12-14H2,1-5H3. The zero-order valence-corrected chi connectivity index (χ0v) is 18.0. The lowest BCUT2D eigenvalue weighted by molar-refractivity contribution is -0.139. The van der Waals surface area contributed by atoms with Gasteiger partial charge in [0.25, 0.3) is 0 Å². The van der Waals surface area contributed by atoms with Crippen molar-refractivity contribution in [2.45, 2.75) is 45.9 Å². The number of amides is 1. The summed E-state index contributed by atoms with van der Waals surface area (Å²) in [6.45, 7) is 8.54. The van der Waals surface area contributed by atoms with Gasteiger partial charge in [-0.05, 0) is 44.0 Å². The Hall–Kier alpha value is -2.32. The lowest BCUT2D eigenvalue weighted by atomic mass is 9.99. The van der Waals surface area contributed by atoms with E-state index in [9.17, 15) is 14.7 Å². The summed E-state index contributed by atoms with van der Waals surface area (Å²) in [6, 6.07) is 3.66. The predicted molar refractivity (Wildman–Crippen MR) is 108 cm³/mol. The van der Waals surface area contributed by atoms with Crippen LogP contribution >= 0.6 is 0 Å². The molecule has 0 saturated carbocycles. The van der Waals surface area contributed by atoms with Gasteiger partial charge < -0.3 is 24.2 Å². The third-order valence-electron chi connectivity index (χ3n) is 4.75. The highest BCUT2D eigenvalue weighted by atomic mass is 16.6. The number of hydrogen-bond acceptors (Lipinski definition) is 7. The monoisotopic (exact) mass is 408 g/mol. The molecule has 0 aromatic heterocycles. The number of nitrogens with zero attached hydrogens (tertiary/aromatic N) is 2. The van der Waals surface area contributed by atoms with Gasteiger partial charge in [0.1, 0.15) is 11.4 Å². The average Bonchev–Trinajstić information content (AvgIpc) is 2.67. The maximum atomic E-state index is 12.2. The number of rotatable bonds is 6. The second-order valence-corrected chi connectivity index (χ2v) is 8.09. The minimum atomic E-state index is -0.513. The molecule has 0 aliphatic carbocycles. The van der Waals surface area contributed by atoms with E-state index < -0.39 is 5.60 Å². The molecule has 1 aromatic carbocycles. The Morgan fingerprint density at radius 3 is 2.21 bits per heavy atom. The second-order valence-electron chi connectivity index (χ2n) is 8.09. The van der Waals surface area contributed by atoms with Crippen LogP contribution in [0.2, 0.25) is 0 Å². The quantitative estimate of drug-likeness (QED) is 0.720. The second kappa shape index (κ2) is 9.93. The SMILES string of the molecule is COC(=O)Cc1cc(OC)c(CO)cc1CN1CCN(C(=O)OC(C)(C)C)CC1. The number of carbonyl (C=O) groups is 2. The van der Waals surface area contributed by atoms with Crippen molar-refractivity contribution < 1.29 is 28.9 Å². The number of aliphatic hydroxyl groups excluding tert-OH is 1. The molecule has 1 aliphatic heterocycles. The Balaban J connectivity index is 2.09. The van der Waals surface area contributed by atoms with Gasteiger partial charge in [-0.3, -0.25) is 9.69 Å². The summed E-state index contributed by atoms with van der Waals surface area (Å²) in [5.74, 6) is 0.213. The summed E-state index contributed by atoms with van der Waals surface area (Å²) < 4.78 is 15.6. The van der Waals surface area contributed by atoms with E-state index in [4.69, 9.17) is 14.2 Å². The van der Waals surface area contributed by atoms with Gasteiger partial charge >= 0.3 is 12.1 Å². The van der Waals surface area contributed by atoms with Crippen LogP contribution in [-0.2, 0) is 33.8 Å². The van der Waals surface area contributed by atoms with Gasteiger partial charge in [0.05, 0.1) is 27.2 Å². The van der Waals surface area contributed by atoms with Crippen molar-refractivity contribution in [2.75, 3.05) is 40.4 Å². The zero-order valence-electron chi connectivity index (χ0n) is 18.0. The molecule has 29 heavy (non-hydrogen) atoms. The van der Waals surface area contributed by atoms with Crippen LogP contribution in [0.5, 0.6) is 5.75 Å². The van der Waals surface area contributed by atoms with E-state index in [2.05, 4.69) is 4.90 Å². The van der Waals surface area contributed by atoms with Crippen LogP contribution in [0.4, 0.5) is 4.79 Å². The first-order chi connectivity index (χ1) is 13.7. The molecule has 1 fully saturated rings. The first-order valence-electron chi connectivity index (χ1n) is 9.73. The van der Waals surface area contributed by atoms with Crippen LogP contribution in [0.15, 0.2) is 12.1 Å². The van der Waals surface area contributed by atoms with E-state index in [1.807, 2.05) is 26.8 Å². The number of methoxy groups -OCH3 is 2. The van der Waals surface area contributed by atoms with Gasteiger partial charge in [-0.15, -0.1) is 0 Å². The summed E-state index contributed by atoms with van der Waals surface area (Å²) in [5.41, 5.74) is 1.90. The smallest absolute Gasteiger partial charge is 0.410 e. The van der Waals surface area contributed by atoms with Gasteiger partial charge in [0.2, 0.25) is 0 Å². The molecule has 1 N–H and O–H groups in total.